The van der Waals surface area contributed by atoms with Crippen LogP contribution in [0.3, 0.4) is 0 Å². The first-order chi connectivity index (χ1) is 15.5. The highest BCUT2D eigenvalue weighted by Gasteiger charge is 2.18. The van der Waals surface area contributed by atoms with Crippen LogP contribution in [0.5, 0.6) is 0 Å². The number of amides is 1. The number of rotatable bonds is 5. The third kappa shape index (κ3) is 6.42. The lowest BCUT2D eigenvalue weighted by molar-refractivity contribution is -0.137. The molecule has 32 heavy (non-hydrogen) atoms. The Labute approximate surface area is 192 Å². The molecule has 0 aliphatic carbocycles. The van der Waals surface area contributed by atoms with Crippen LogP contribution in [0.15, 0.2) is 54.6 Å². The van der Waals surface area contributed by atoms with Crippen LogP contribution in [-0.2, 0) is 4.79 Å². The molecule has 1 saturated heterocycles. The molecular formula is C24H27ClN4O3. The molecular weight excluding hydrogens is 428 g/mol. The molecule has 0 spiro atoms. The number of para-hydroxylation sites is 1. The summed E-state index contributed by atoms with van der Waals surface area (Å²) >= 11 is 6.43. The number of aromatic nitrogens is 1. The van der Waals surface area contributed by atoms with Crippen molar-refractivity contribution in [2.45, 2.75) is 19.8 Å². The van der Waals surface area contributed by atoms with Gasteiger partial charge in [-0.05, 0) is 30.7 Å². The van der Waals surface area contributed by atoms with E-state index in [1.165, 1.54) is 0 Å². The number of carboxylic acid groups (broad SMARTS) is 1. The second-order valence-electron chi connectivity index (χ2n) is 7.40. The smallest absolute Gasteiger partial charge is 0.303 e. The second kappa shape index (κ2) is 11.5. The van der Waals surface area contributed by atoms with Crippen molar-refractivity contribution in [3.63, 3.8) is 0 Å². The topological polar surface area (TPSA) is 94.6 Å². The van der Waals surface area contributed by atoms with E-state index in [1.807, 2.05) is 60.4 Å². The molecule has 0 bridgehead atoms. The van der Waals surface area contributed by atoms with Gasteiger partial charge in [0.25, 0.3) is 5.91 Å². The average molecular weight is 455 g/mol. The number of carbonyl (C=O) groups is 2. The Morgan fingerprint density at radius 3 is 2.47 bits per heavy atom. The molecule has 1 fully saturated rings. The van der Waals surface area contributed by atoms with Crippen molar-refractivity contribution in [3.8, 4) is 0 Å². The Balaban J connectivity index is 0.000000427. The van der Waals surface area contributed by atoms with Crippen LogP contribution < -0.4 is 10.6 Å². The number of aliphatic carboxylic acids is 1. The lowest BCUT2D eigenvalue weighted by Crippen LogP contribution is -2.46. The monoisotopic (exact) mass is 454 g/mol. The maximum atomic E-state index is 12.7. The van der Waals surface area contributed by atoms with Crippen molar-refractivity contribution in [2.75, 3.05) is 31.5 Å². The van der Waals surface area contributed by atoms with Gasteiger partial charge in [0.05, 0.1) is 10.5 Å². The van der Waals surface area contributed by atoms with Gasteiger partial charge in [0.2, 0.25) is 0 Å². The van der Waals surface area contributed by atoms with Crippen molar-refractivity contribution in [1.82, 2.24) is 15.2 Å². The summed E-state index contributed by atoms with van der Waals surface area (Å²) in [6.45, 7) is 4.94. The summed E-state index contributed by atoms with van der Waals surface area (Å²) in [5, 5.41) is 15.9. The zero-order valence-corrected chi connectivity index (χ0v) is 18.7. The van der Waals surface area contributed by atoms with E-state index in [0.29, 0.717) is 28.3 Å². The summed E-state index contributed by atoms with van der Waals surface area (Å²) in [4.78, 5) is 28.8. The van der Waals surface area contributed by atoms with Gasteiger partial charge in [0.1, 0.15) is 5.82 Å². The second-order valence-corrected chi connectivity index (χ2v) is 7.81. The number of pyridine rings is 1. The highest BCUT2D eigenvalue weighted by atomic mass is 35.5. The van der Waals surface area contributed by atoms with E-state index < -0.39 is 5.97 Å². The minimum absolute atomic E-state index is 0.0349. The standard InChI is InChI=1S/C20H19ClN4O.C4H8O2/c21-17-13-19(23-15-4-2-1-3-5-15)24-18-12-14(6-7-16(17)18)20(26)25-10-8-22-9-11-25;1-2-3-4(5)6/h1-7,12-13,22H,8-11H2,(H,23,24);2-3H2,1H3,(H,5,6). The highest BCUT2D eigenvalue weighted by Crippen LogP contribution is 2.28. The fourth-order valence-corrected chi connectivity index (χ4v) is 3.58. The van der Waals surface area contributed by atoms with Crippen LogP contribution in [0.1, 0.15) is 30.1 Å². The predicted molar refractivity (Wildman–Crippen MR) is 128 cm³/mol. The summed E-state index contributed by atoms with van der Waals surface area (Å²) in [5.74, 6) is -0.0225. The minimum Gasteiger partial charge on any atom is -0.481 e. The highest BCUT2D eigenvalue weighted by molar-refractivity contribution is 6.35. The third-order valence-corrected chi connectivity index (χ3v) is 5.23. The zero-order valence-electron chi connectivity index (χ0n) is 18.0. The fourth-order valence-electron chi connectivity index (χ4n) is 3.32. The van der Waals surface area contributed by atoms with Crippen LogP contribution in [0.2, 0.25) is 5.02 Å². The van der Waals surface area contributed by atoms with Crippen molar-refractivity contribution >= 4 is 45.9 Å². The first kappa shape index (κ1) is 23.5. The van der Waals surface area contributed by atoms with Crippen LogP contribution in [0.25, 0.3) is 10.9 Å². The number of nitrogens with zero attached hydrogens (tertiary/aromatic N) is 2. The number of benzene rings is 2. The summed E-state index contributed by atoms with van der Waals surface area (Å²) in [5.41, 5.74) is 2.28. The number of hydrogen-bond acceptors (Lipinski definition) is 5. The predicted octanol–water partition coefficient (Wildman–Crippen LogP) is 4.55. The number of anilines is 2. The molecule has 1 aromatic heterocycles. The Hall–Kier alpha value is -3.16. The first-order valence-corrected chi connectivity index (χ1v) is 11.0. The number of halogens is 1. The molecule has 0 atom stereocenters. The van der Waals surface area contributed by atoms with E-state index in [0.717, 1.165) is 43.7 Å². The quantitative estimate of drug-likeness (QED) is 0.523. The molecule has 1 aliphatic rings. The summed E-state index contributed by atoms with van der Waals surface area (Å²) in [7, 11) is 0. The van der Waals surface area contributed by atoms with E-state index in [1.54, 1.807) is 6.07 Å². The van der Waals surface area contributed by atoms with E-state index >= 15 is 0 Å². The lowest BCUT2D eigenvalue weighted by atomic mass is 10.1. The molecule has 3 aromatic rings. The van der Waals surface area contributed by atoms with Gasteiger partial charge in [-0.2, -0.15) is 0 Å². The number of piperazine rings is 1. The number of fused-ring (bicyclic) bond motifs is 1. The van der Waals surface area contributed by atoms with Crippen LogP contribution >= 0.6 is 11.6 Å². The number of hydrogen-bond donors (Lipinski definition) is 3. The Morgan fingerprint density at radius 2 is 1.84 bits per heavy atom. The van der Waals surface area contributed by atoms with E-state index in [9.17, 15) is 9.59 Å². The van der Waals surface area contributed by atoms with Gasteiger partial charge in [-0.15, -0.1) is 0 Å². The molecule has 0 unspecified atom stereocenters. The fraction of sp³-hybridized carbons (Fsp3) is 0.292. The molecule has 2 aromatic carbocycles. The molecule has 1 amide bonds. The maximum absolute atomic E-state index is 12.7. The largest absolute Gasteiger partial charge is 0.481 e. The van der Waals surface area contributed by atoms with E-state index in [2.05, 4.69) is 15.6 Å². The molecule has 0 radical (unpaired) electrons. The van der Waals surface area contributed by atoms with Gasteiger partial charge in [-0.25, -0.2) is 4.98 Å². The number of carbonyl (C=O) groups excluding carboxylic acids is 1. The normalized spacial score (nSPS) is 13.2. The van der Waals surface area contributed by atoms with Crippen molar-refractivity contribution < 1.29 is 14.7 Å². The molecule has 7 nitrogen and oxygen atoms in total. The first-order valence-electron chi connectivity index (χ1n) is 10.6. The summed E-state index contributed by atoms with van der Waals surface area (Å²) < 4.78 is 0. The van der Waals surface area contributed by atoms with Crippen LogP contribution in [0.4, 0.5) is 11.5 Å². The molecule has 2 heterocycles. The van der Waals surface area contributed by atoms with Gasteiger partial charge < -0.3 is 20.6 Å². The maximum Gasteiger partial charge on any atom is 0.303 e. The minimum atomic E-state index is -0.711. The summed E-state index contributed by atoms with van der Waals surface area (Å²) in [6, 6.07) is 17.1. The number of nitrogens with one attached hydrogen (secondary N) is 2. The van der Waals surface area contributed by atoms with Crippen LogP contribution in [0, 0.1) is 0 Å². The van der Waals surface area contributed by atoms with E-state index in [4.69, 9.17) is 16.7 Å². The van der Waals surface area contributed by atoms with Crippen molar-refractivity contribution in [3.05, 3.63) is 65.2 Å². The molecule has 3 N–H and O–H groups in total. The Kier molecular flexibility index (Phi) is 8.41. The molecule has 168 valence electrons. The molecule has 8 heteroatoms. The average Bonchev–Trinajstić information content (AvgIpc) is 2.80. The van der Waals surface area contributed by atoms with Gasteiger partial charge in [-0.3, -0.25) is 9.59 Å². The van der Waals surface area contributed by atoms with Gasteiger partial charge in [0, 0.05) is 55.3 Å². The Morgan fingerprint density at radius 1 is 1.12 bits per heavy atom. The Bertz CT molecular complexity index is 1070. The molecule has 1 aliphatic heterocycles. The molecule has 4 rings (SSSR count). The molecule has 0 saturated carbocycles. The summed E-state index contributed by atoms with van der Waals surface area (Å²) in [6.07, 6.45) is 1.02. The van der Waals surface area contributed by atoms with E-state index in [-0.39, 0.29) is 5.91 Å². The van der Waals surface area contributed by atoms with Gasteiger partial charge in [-0.1, -0.05) is 42.8 Å². The van der Waals surface area contributed by atoms with Crippen LogP contribution in [-0.4, -0.2) is 53.0 Å². The third-order valence-electron chi connectivity index (χ3n) is 4.92. The zero-order chi connectivity index (χ0) is 22.9. The van der Waals surface area contributed by atoms with Gasteiger partial charge >= 0.3 is 5.97 Å². The van der Waals surface area contributed by atoms with Crippen molar-refractivity contribution in [2.24, 2.45) is 0 Å². The SMILES string of the molecule is CCCC(=O)O.O=C(c1ccc2c(Cl)cc(Nc3ccccc3)nc2c1)N1CCNCC1. The van der Waals surface area contributed by atoms with Gasteiger partial charge in [0.15, 0.2) is 0 Å². The lowest BCUT2D eigenvalue weighted by Gasteiger charge is -2.27. The van der Waals surface area contributed by atoms with Crippen molar-refractivity contribution in [1.29, 1.82) is 0 Å². The number of carboxylic acids is 1.